The number of rotatable bonds is 4. The molecule has 1 aliphatic heterocycles. The smallest absolute Gasteiger partial charge is 0.192 e. The molecule has 0 saturated heterocycles. The first kappa shape index (κ1) is 14.0. The first-order valence-corrected chi connectivity index (χ1v) is 6.88. The lowest BCUT2D eigenvalue weighted by Gasteiger charge is -2.32. The van der Waals surface area contributed by atoms with Gasteiger partial charge < -0.3 is 15.4 Å². The Morgan fingerprint density at radius 1 is 1.58 bits per heavy atom. The quantitative estimate of drug-likeness (QED) is 0.923. The van der Waals surface area contributed by atoms with Crippen LogP contribution in [0.5, 0.6) is 5.75 Å². The molecule has 104 valence electrons. The van der Waals surface area contributed by atoms with E-state index in [1.54, 1.807) is 7.11 Å². The molecule has 2 N–H and O–H groups in total. The standard InChI is InChI=1S/C14H20ClN3O/c1-4-9(2)18-12(8-17-14(18)16)10-5-6-13(19-3)11(15)7-10/h5-7,9,12H,4,8H2,1-3H3,(H2,16,17). The first-order chi connectivity index (χ1) is 9.08. The molecule has 0 aromatic heterocycles. The van der Waals surface area contributed by atoms with Crippen molar-refractivity contribution in [3.05, 3.63) is 28.8 Å². The highest BCUT2D eigenvalue weighted by Gasteiger charge is 2.30. The van der Waals surface area contributed by atoms with Crippen molar-refractivity contribution in [2.24, 2.45) is 10.7 Å². The van der Waals surface area contributed by atoms with Crippen LogP contribution in [-0.2, 0) is 0 Å². The molecule has 2 unspecified atom stereocenters. The summed E-state index contributed by atoms with van der Waals surface area (Å²) in [6, 6.07) is 6.38. The lowest BCUT2D eigenvalue weighted by molar-refractivity contribution is 0.268. The third-order valence-corrected chi connectivity index (χ3v) is 3.95. The van der Waals surface area contributed by atoms with E-state index in [9.17, 15) is 0 Å². The molecule has 4 nitrogen and oxygen atoms in total. The van der Waals surface area contributed by atoms with Crippen LogP contribution in [-0.4, -0.2) is 30.6 Å². The van der Waals surface area contributed by atoms with Crippen molar-refractivity contribution in [2.75, 3.05) is 13.7 Å². The van der Waals surface area contributed by atoms with Gasteiger partial charge in [-0.3, -0.25) is 4.99 Å². The molecule has 1 aromatic rings. The second-order valence-corrected chi connectivity index (χ2v) is 5.18. The SMILES string of the molecule is CCC(C)N1C(N)=NCC1c1ccc(OC)c(Cl)c1. The molecule has 2 atom stereocenters. The van der Waals surface area contributed by atoms with Crippen LogP contribution in [0.25, 0.3) is 0 Å². The lowest BCUT2D eigenvalue weighted by atomic mass is 10.0. The second kappa shape index (κ2) is 5.70. The van der Waals surface area contributed by atoms with Gasteiger partial charge in [0.2, 0.25) is 0 Å². The maximum absolute atomic E-state index is 6.19. The Bertz CT molecular complexity index is 490. The summed E-state index contributed by atoms with van der Waals surface area (Å²) in [5, 5.41) is 0.620. The van der Waals surface area contributed by atoms with Crippen LogP contribution in [0.15, 0.2) is 23.2 Å². The molecule has 1 aliphatic rings. The largest absolute Gasteiger partial charge is 0.495 e. The summed E-state index contributed by atoms with van der Waals surface area (Å²) in [5.41, 5.74) is 7.12. The van der Waals surface area contributed by atoms with Crippen molar-refractivity contribution < 1.29 is 4.74 Å². The minimum Gasteiger partial charge on any atom is -0.495 e. The minimum absolute atomic E-state index is 0.165. The Hall–Kier alpha value is -1.42. The van der Waals surface area contributed by atoms with Crippen molar-refractivity contribution in [3.8, 4) is 5.75 Å². The number of aliphatic imine (C=N–C) groups is 1. The summed E-state index contributed by atoms with van der Waals surface area (Å²) >= 11 is 6.19. The van der Waals surface area contributed by atoms with Crippen LogP contribution in [0.1, 0.15) is 31.9 Å². The van der Waals surface area contributed by atoms with Crippen molar-refractivity contribution in [3.63, 3.8) is 0 Å². The molecule has 0 amide bonds. The molecule has 0 saturated carbocycles. The van der Waals surface area contributed by atoms with E-state index in [1.807, 2.05) is 18.2 Å². The van der Waals surface area contributed by atoms with Gasteiger partial charge in [0.15, 0.2) is 5.96 Å². The Morgan fingerprint density at radius 2 is 2.32 bits per heavy atom. The summed E-state index contributed by atoms with van der Waals surface area (Å²) in [4.78, 5) is 6.53. The molecular weight excluding hydrogens is 262 g/mol. The topological polar surface area (TPSA) is 50.8 Å². The molecular formula is C14H20ClN3O. The maximum Gasteiger partial charge on any atom is 0.192 e. The molecule has 0 aliphatic carbocycles. The van der Waals surface area contributed by atoms with E-state index >= 15 is 0 Å². The van der Waals surface area contributed by atoms with E-state index < -0.39 is 0 Å². The Morgan fingerprint density at radius 3 is 2.89 bits per heavy atom. The number of halogens is 1. The van der Waals surface area contributed by atoms with Crippen LogP contribution in [0.4, 0.5) is 0 Å². The van der Waals surface area contributed by atoms with Gasteiger partial charge in [-0.2, -0.15) is 0 Å². The van der Waals surface area contributed by atoms with Gasteiger partial charge in [0.1, 0.15) is 5.75 Å². The number of ether oxygens (including phenoxy) is 1. The van der Waals surface area contributed by atoms with Gasteiger partial charge in [-0.05, 0) is 31.0 Å². The van der Waals surface area contributed by atoms with Gasteiger partial charge in [-0.25, -0.2) is 0 Å². The Kier molecular flexibility index (Phi) is 4.20. The van der Waals surface area contributed by atoms with Gasteiger partial charge in [0.25, 0.3) is 0 Å². The molecule has 1 heterocycles. The molecule has 0 bridgehead atoms. The van der Waals surface area contributed by atoms with Crippen LogP contribution in [0.2, 0.25) is 5.02 Å². The van der Waals surface area contributed by atoms with E-state index in [0.29, 0.717) is 29.3 Å². The van der Waals surface area contributed by atoms with Crippen molar-refractivity contribution in [2.45, 2.75) is 32.4 Å². The average Bonchev–Trinajstić information content (AvgIpc) is 2.79. The third kappa shape index (κ3) is 2.63. The number of nitrogens with two attached hydrogens (primary N) is 1. The molecule has 1 aromatic carbocycles. The highest BCUT2D eigenvalue weighted by Crippen LogP contribution is 2.33. The van der Waals surface area contributed by atoms with E-state index in [1.165, 1.54) is 0 Å². The minimum atomic E-state index is 0.165. The number of benzene rings is 1. The fourth-order valence-electron chi connectivity index (χ4n) is 2.39. The van der Waals surface area contributed by atoms with Gasteiger partial charge in [0.05, 0.1) is 24.7 Å². The van der Waals surface area contributed by atoms with Gasteiger partial charge in [-0.1, -0.05) is 24.6 Å². The molecule has 0 fully saturated rings. The second-order valence-electron chi connectivity index (χ2n) is 4.77. The fourth-order valence-corrected chi connectivity index (χ4v) is 2.66. The summed E-state index contributed by atoms with van der Waals surface area (Å²) < 4.78 is 5.18. The number of hydrogen-bond donors (Lipinski definition) is 1. The van der Waals surface area contributed by atoms with E-state index in [4.69, 9.17) is 22.1 Å². The number of guanidine groups is 1. The molecule has 5 heteroatoms. The maximum atomic E-state index is 6.19. The zero-order valence-electron chi connectivity index (χ0n) is 11.6. The summed E-state index contributed by atoms with van der Waals surface area (Å²) in [6.45, 7) is 4.99. The van der Waals surface area contributed by atoms with Crippen molar-refractivity contribution in [1.29, 1.82) is 0 Å². The fraction of sp³-hybridized carbons (Fsp3) is 0.500. The zero-order valence-corrected chi connectivity index (χ0v) is 12.3. The molecule has 2 rings (SSSR count). The summed E-state index contributed by atoms with van der Waals surface area (Å²) in [6.07, 6.45) is 1.02. The Balaban J connectivity index is 2.29. The van der Waals surface area contributed by atoms with E-state index in [0.717, 1.165) is 12.0 Å². The number of hydrogen-bond acceptors (Lipinski definition) is 4. The van der Waals surface area contributed by atoms with Crippen LogP contribution in [0, 0.1) is 0 Å². The van der Waals surface area contributed by atoms with Gasteiger partial charge in [0, 0.05) is 6.04 Å². The lowest BCUT2D eigenvalue weighted by Crippen LogP contribution is -2.42. The van der Waals surface area contributed by atoms with E-state index in [2.05, 4.69) is 23.7 Å². The predicted octanol–water partition coefficient (Wildman–Crippen LogP) is 2.82. The summed E-state index contributed by atoms with van der Waals surface area (Å²) in [7, 11) is 1.61. The highest BCUT2D eigenvalue weighted by molar-refractivity contribution is 6.32. The van der Waals surface area contributed by atoms with E-state index in [-0.39, 0.29) is 6.04 Å². The third-order valence-electron chi connectivity index (χ3n) is 3.65. The Labute approximate surface area is 119 Å². The van der Waals surface area contributed by atoms with Crippen LogP contribution >= 0.6 is 11.6 Å². The summed E-state index contributed by atoms with van der Waals surface area (Å²) in [5.74, 6) is 1.30. The number of methoxy groups -OCH3 is 1. The first-order valence-electron chi connectivity index (χ1n) is 6.50. The normalized spacial score (nSPS) is 20.3. The molecule has 0 spiro atoms. The van der Waals surface area contributed by atoms with Crippen molar-refractivity contribution >= 4 is 17.6 Å². The predicted molar refractivity (Wildman–Crippen MR) is 78.8 cm³/mol. The monoisotopic (exact) mass is 281 g/mol. The van der Waals surface area contributed by atoms with Crippen molar-refractivity contribution in [1.82, 2.24) is 4.90 Å². The average molecular weight is 282 g/mol. The van der Waals surface area contributed by atoms with Crippen LogP contribution < -0.4 is 10.5 Å². The van der Waals surface area contributed by atoms with Crippen LogP contribution in [0.3, 0.4) is 0 Å². The number of nitrogens with zero attached hydrogens (tertiary/aromatic N) is 2. The van der Waals surface area contributed by atoms with Gasteiger partial charge in [-0.15, -0.1) is 0 Å². The molecule has 19 heavy (non-hydrogen) atoms. The van der Waals surface area contributed by atoms with Gasteiger partial charge >= 0.3 is 0 Å². The zero-order chi connectivity index (χ0) is 14.0. The molecule has 0 radical (unpaired) electrons. The highest BCUT2D eigenvalue weighted by atomic mass is 35.5.